The van der Waals surface area contributed by atoms with Gasteiger partial charge in [-0.15, -0.1) is 0 Å². The smallest absolute Gasteiger partial charge is 0.402 e. The van der Waals surface area contributed by atoms with Crippen molar-refractivity contribution in [3.05, 3.63) is 0 Å². The summed E-state index contributed by atoms with van der Waals surface area (Å²) in [7, 11) is -0.710. The van der Waals surface area contributed by atoms with Crippen LogP contribution in [-0.4, -0.2) is 37.8 Å². The molecule has 0 aliphatic heterocycles. The molecule has 0 aliphatic carbocycles. The van der Waals surface area contributed by atoms with Crippen LogP contribution in [0.5, 0.6) is 0 Å². The van der Waals surface area contributed by atoms with Gasteiger partial charge in [-0.2, -0.15) is 0 Å². The number of unbranched alkanes of at least 4 members (excludes halogenated alkanes) is 3. The van der Waals surface area contributed by atoms with Gasteiger partial charge in [0.15, 0.2) is 0 Å². The summed E-state index contributed by atoms with van der Waals surface area (Å²) in [6, 6.07) is 1.07. The SMILES string of the molecule is CCCCCC[Si](OC(=O)C(C)(CC)[Si](OC)OC)(C(C)CC)C(C)CC. The van der Waals surface area contributed by atoms with E-state index in [0.29, 0.717) is 17.5 Å². The molecule has 0 amide bonds. The molecule has 3 atom stereocenters. The molecule has 0 saturated carbocycles. The molecule has 0 fully saturated rings. The third kappa shape index (κ3) is 6.69. The van der Waals surface area contributed by atoms with E-state index in [1.165, 1.54) is 19.3 Å². The van der Waals surface area contributed by atoms with Gasteiger partial charge < -0.3 is 13.3 Å². The van der Waals surface area contributed by atoms with Crippen LogP contribution in [0.2, 0.25) is 22.2 Å². The lowest BCUT2D eigenvalue weighted by atomic mass is 10.1. The zero-order valence-electron chi connectivity index (χ0n) is 19.4. The van der Waals surface area contributed by atoms with Crippen LogP contribution in [0.4, 0.5) is 0 Å². The van der Waals surface area contributed by atoms with Crippen LogP contribution in [0, 0.1) is 0 Å². The Morgan fingerprint density at radius 1 is 0.963 bits per heavy atom. The number of carbonyl (C=O) groups excluding carboxylic acids is 1. The van der Waals surface area contributed by atoms with E-state index in [9.17, 15) is 4.79 Å². The van der Waals surface area contributed by atoms with Gasteiger partial charge in [0.1, 0.15) is 5.04 Å². The second kappa shape index (κ2) is 13.1. The number of carbonyl (C=O) groups is 1. The first-order chi connectivity index (χ1) is 12.7. The number of rotatable bonds is 15. The van der Waals surface area contributed by atoms with Crippen LogP contribution >= 0.6 is 0 Å². The van der Waals surface area contributed by atoms with E-state index in [4.69, 9.17) is 13.3 Å². The summed E-state index contributed by atoms with van der Waals surface area (Å²) in [5.74, 6) is -0.0923. The van der Waals surface area contributed by atoms with Crippen molar-refractivity contribution in [2.75, 3.05) is 14.2 Å². The molecular weight excluding hydrogens is 372 g/mol. The van der Waals surface area contributed by atoms with Crippen molar-refractivity contribution in [1.29, 1.82) is 0 Å². The highest BCUT2D eigenvalue weighted by molar-refractivity contribution is 6.78. The predicted octanol–water partition coefficient (Wildman–Crippen LogP) is 6.61. The van der Waals surface area contributed by atoms with Gasteiger partial charge in [-0.25, -0.2) is 0 Å². The molecule has 0 N–H and O–H groups in total. The summed E-state index contributed by atoms with van der Waals surface area (Å²) in [6.07, 6.45) is 7.67. The van der Waals surface area contributed by atoms with Gasteiger partial charge in [0, 0.05) is 14.2 Å². The largest absolute Gasteiger partial charge is 0.518 e. The maximum Gasteiger partial charge on any atom is 0.402 e. The molecule has 0 rings (SSSR count). The molecule has 0 aromatic rings. The third-order valence-electron chi connectivity index (χ3n) is 6.58. The lowest BCUT2D eigenvalue weighted by molar-refractivity contribution is -0.139. The highest BCUT2D eigenvalue weighted by atomic mass is 28.4. The summed E-state index contributed by atoms with van der Waals surface area (Å²) >= 11 is 0. The lowest BCUT2D eigenvalue weighted by Gasteiger charge is -2.43. The molecule has 6 heteroatoms. The Morgan fingerprint density at radius 3 is 1.85 bits per heavy atom. The van der Waals surface area contributed by atoms with Gasteiger partial charge in [0.05, 0.1) is 0 Å². The molecule has 1 radical (unpaired) electrons. The molecule has 161 valence electrons. The van der Waals surface area contributed by atoms with E-state index in [2.05, 4.69) is 34.6 Å². The maximum atomic E-state index is 13.5. The predicted molar refractivity (Wildman–Crippen MR) is 119 cm³/mol. The second-order valence-electron chi connectivity index (χ2n) is 8.16. The standard InChI is InChI=1S/C21H45O4Si2/c1-10-14-15-16-17-27(18(5)11-2,19(6)12-3)25-20(22)21(7,13-4)26(23-8)24-9/h18-19H,10-17H2,1-9H3. The average molecular weight is 418 g/mol. The molecular formula is C21H45O4Si2. The van der Waals surface area contributed by atoms with E-state index < -0.39 is 22.6 Å². The summed E-state index contributed by atoms with van der Waals surface area (Å²) in [5, 5.41) is -0.684. The van der Waals surface area contributed by atoms with E-state index in [-0.39, 0.29) is 5.97 Å². The van der Waals surface area contributed by atoms with Crippen molar-refractivity contribution in [3.8, 4) is 0 Å². The zero-order valence-corrected chi connectivity index (χ0v) is 21.4. The van der Waals surface area contributed by atoms with E-state index in [1.54, 1.807) is 14.2 Å². The molecule has 0 heterocycles. The second-order valence-corrected chi connectivity index (χ2v) is 15.2. The summed E-state index contributed by atoms with van der Waals surface area (Å²) in [6.45, 7) is 15.3. The van der Waals surface area contributed by atoms with Crippen molar-refractivity contribution >= 4 is 23.6 Å². The normalized spacial score (nSPS) is 18.6. The van der Waals surface area contributed by atoms with Gasteiger partial charge in [0.2, 0.25) is 0 Å². The fraction of sp³-hybridized carbons (Fsp3) is 0.952. The first kappa shape index (κ1) is 26.8. The topological polar surface area (TPSA) is 44.8 Å². The van der Waals surface area contributed by atoms with Crippen LogP contribution in [-0.2, 0) is 18.1 Å². The highest BCUT2D eigenvalue weighted by Gasteiger charge is 2.53. The van der Waals surface area contributed by atoms with E-state index >= 15 is 0 Å². The lowest BCUT2D eigenvalue weighted by Crippen LogP contribution is -2.52. The van der Waals surface area contributed by atoms with Crippen LogP contribution < -0.4 is 0 Å². The molecule has 0 aromatic carbocycles. The van der Waals surface area contributed by atoms with Crippen molar-refractivity contribution in [3.63, 3.8) is 0 Å². The van der Waals surface area contributed by atoms with Crippen LogP contribution in [0.1, 0.15) is 93.4 Å². The van der Waals surface area contributed by atoms with Crippen molar-refractivity contribution < 1.29 is 18.1 Å². The third-order valence-corrected chi connectivity index (χ3v) is 14.6. The fourth-order valence-corrected chi connectivity index (χ4v) is 10.8. The van der Waals surface area contributed by atoms with Crippen molar-refractivity contribution in [1.82, 2.24) is 0 Å². The number of hydrogen-bond acceptors (Lipinski definition) is 4. The first-order valence-corrected chi connectivity index (χ1v) is 14.5. The summed E-state index contributed by atoms with van der Waals surface area (Å²) in [5.41, 5.74) is 0.916. The van der Waals surface area contributed by atoms with Gasteiger partial charge in [-0.3, -0.25) is 4.79 Å². The van der Waals surface area contributed by atoms with Crippen LogP contribution in [0.25, 0.3) is 0 Å². The Morgan fingerprint density at radius 2 is 1.48 bits per heavy atom. The number of hydrogen-bond donors (Lipinski definition) is 0. The van der Waals surface area contributed by atoms with Crippen molar-refractivity contribution in [2.45, 2.75) is 116 Å². The van der Waals surface area contributed by atoms with Gasteiger partial charge in [0.25, 0.3) is 14.3 Å². The molecule has 0 aromatic heterocycles. The maximum absolute atomic E-state index is 13.5. The van der Waals surface area contributed by atoms with E-state index in [1.807, 2.05) is 13.8 Å². The highest BCUT2D eigenvalue weighted by Crippen LogP contribution is 2.45. The molecule has 0 saturated heterocycles. The molecule has 3 unspecified atom stereocenters. The van der Waals surface area contributed by atoms with Crippen molar-refractivity contribution in [2.24, 2.45) is 0 Å². The monoisotopic (exact) mass is 417 g/mol. The zero-order chi connectivity index (χ0) is 21.1. The van der Waals surface area contributed by atoms with Gasteiger partial charge in [-0.05, 0) is 30.5 Å². The quantitative estimate of drug-likeness (QED) is 0.222. The Hall–Kier alpha value is -0.176. The molecule has 4 nitrogen and oxygen atoms in total. The Kier molecular flexibility index (Phi) is 13.0. The van der Waals surface area contributed by atoms with Gasteiger partial charge in [-0.1, -0.05) is 80.1 Å². The molecule has 0 spiro atoms. The average Bonchev–Trinajstić information content (AvgIpc) is 2.69. The molecule has 0 bridgehead atoms. The molecule has 27 heavy (non-hydrogen) atoms. The minimum atomic E-state index is -2.26. The minimum absolute atomic E-state index is 0.0923. The Balaban J connectivity index is 5.79. The van der Waals surface area contributed by atoms with Crippen LogP contribution in [0.3, 0.4) is 0 Å². The summed E-state index contributed by atoms with van der Waals surface area (Å²) < 4.78 is 17.8. The Labute approximate surface area is 171 Å². The Bertz CT molecular complexity index is 405. The summed E-state index contributed by atoms with van der Waals surface area (Å²) in [4.78, 5) is 13.5. The molecule has 0 aliphatic rings. The minimum Gasteiger partial charge on any atom is -0.518 e. The van der Waals surface area contributed by atoms with E-state index in [0.717, 1.165) is 25.3 Å². The van der Waals surface area contributed by atoms with Crippen LogP contribution in [0.15, 0.2) is 0 Å². The first-order valence-electron chi connectivity index (χ1n) is 10.9. The fourth-order valence-electron chi connectivity index (χ4n) is 3.94. The van der Waals surface area contributed by atoms with Gasteiger partial charge >= 0.3 is 9.28 Å².